The number of carbonyl (C=O) groups is 1. The van der Waals surface area contributed by atoms with Crippen LogP contribution >= 0.6 is 0 Å². The fourth-order valence-electron chi connectivity index (χ4n) is 3.13. The first-order chi connectivity index (χ1) is 10.7. The quantitative estimate of drug-likeness (QED) is 0.805. The van der Waals surface area contributed by atoms with Crippen LogP contribution in [0.25, 0.3) is 0 Å². The molecule has 0 aliphatic carbocycles. The summed E-state index contributed by atoms with van der Waals surface area (Å²) in [6.07, 6.45) is 4.68. The van der Waals surface area contributed by atoms with Crippen LogP contribution in [0.2, 0.25) is 0 Å². The number of aromatic nitrogens is 2. The average molecular weight is 297 g/mol. The van der Waals surface area contributed by atoms with E-state index in [1.165, 1.54) is 14.2 Å². The summed E-state index contributed by atoms with van der Waals surface area (Å²) in [6.45, 7) is 0. The van der Waals surface area contributed by atoms with Gasteiger partial charge in [-0.1, -0.05) is 6.07 Å². The van der Waals surface area contributed by atoms with E-state index in [-0.39, 0.29) is 5.97 Å². The zero-order valence-electron chi connectivity index (χ0n) is 12.4. The summed E-state index contributed by atoms with van der Waals surface area (Å²) in [6, 6.07) is 7.14. The van der Waals surface area contributed by atoms with Crippen LogP contribution in [0.3, 0.4) is 0 Å². The smallest absolute Gasteiger partial charge is 0.336 e. The Labute approximate surface area is 127 Å². The molecule has 0 unspecified atom stereocenters. The molecule has 0 fully saturated rings. The van der Waals surface area contributed by atoms with E-state index < -0.39 is 5.54 Å². The maximum Gasteiger partial charge on any atom is 0.336 e. The third-order valence-electron chi connectivity index (χ3n) is 4.17. The van der Waals surface area contributed by atoms with Crippen molar-refractivity contribution in [2.75, 3.05) is 14.2 Å². The Morgan fingerprint density at radius 2 is 2.27 bits per heavy atom. The van der Waals surface area contributed by atoms with E-state index in [0.717, 1.165) is 12.1 Å². The van der Waals surface area contributed by atoms with E-state index >= 15 is 0 Å². The van der Waals surface area contributed by atoms with Crippen LogP contribution in [0.4, 0.5) is 0 Å². The van der Waals surface area contributed by atoms with Crippen molar-refractivity contribution in [3.8, 4) is 11.8 Å². The Bertz CT molecular complexity index is 775. The van der Waals surface area contributed by atoms with Gasteiger partial charge in [0.05, 0.1) is 32.2 Å². The van der Waals surface area contributed by atoms with Gasteiger partial charge in [0, 0.05) is 17.5 Å². The number of esters is 1. The lowest BCUT2D eigenvalue weighted by atomic mass is 9.86. The fourth-order valence-corrected chi connectivity index (χ4v) is 3.13. The topological polar surface area (TPSA) is 77.1 Å². The lowest BCUT2D eigenvalue weighted by Crippen LogP contribution is -2.41. The van der Waals surface area contributed by atoms with Gasteiger partial charge in [-0.05, 0) is 25.0 Å². The van der Waals surface area contributed by atoms with Crippen LogP contribution in [0, 0.1) is 11.3 Å². The van der Waals surface area contributed by atoms with Crippen LogP contribution < -0.4 is 4.74 Å². The molecule has 1 atom stereocenters. The van der Waals surface area contributed by atoms with E-state index in [0.29, 0.717) is 23.3 Å². The first-order valence-corrected chi connectivity index (χ1v) is 6.86. The van der Waals surface area contributed by atoms with Crippen LogP contribution in [0.5, 0.6) is 5.75 Å². The minimum atomic E-state index is -1.00. The maximum atomic E-state index is 12.6. The highest BCUT2D eigenvalue weighted by atomic mass is 16.5. The van der Waals surface area contributed by atoms with Crippen LogP contribution in [-0.2, 0) is 21.5 Å². The molecule has 0 saturated heterocycles. The third-order valence-corrected chi connectivity index (χ3v) is 4.17. The molecule has 22 heavy (non-hydrogen) atoms. The van der Waals surface area contributed by atoms with Gasteiger partial charge in [0.2, 0.25) is 0 Å². The molecular weight excluding hydrogens is 282 g/mol. The summed E-state index contributed by atoms with van der Waals surface area (Å²) >= 11 is 0. The van der Waals surface area contributed by atoms with E-state index in [1.54, 1.807) is 30.7 Å². The van der Waals surface area contributed by atoms with Gasteiger partial charge in [-0.2, -0.15) is 5.26 Å². The molecule has 2 heterocycles. The van der Waals surface area contributed by atoms with Crippen molar-refractivity contribution in [3.05, 3.63) is 47.5 Å². The minimum Gasteiger partial charge on any atom is -0.496 e. The van der Waals surface area contributed by atoms with Crippen molar-refractivity contribution in [1.29, 1.82) is 5.26 Å². The average Bonchev–Trinajstić information content (AvgIpc) is 3.16. The van der Waals surface area contributed by atoms with Gasteiger partial charge in [0.1, 0.15) is 5.75 Å². The summed E-state index contributed by atoms with van der Waals surface area (Å²) in [5.74, 6) is 0.123. The number of imidazole rings is 1. The van der Waals surface area contributed by atoms with Gasteiger partial charge in [-0.3, -0.25) is 0 Å². The molecule has 1 aromatic carbocycles. The Hall–Kier alpha value is -2.81. The summed E-state index contributed by atoms with van der Waals surface area (Å²) in [5, 5.41) is 9.05. The number of hydrogen-bond acceptors (Lipinski definition) is 5. The molecule has 1 aliphatic heterocycles. The molecule has 3 rings (SSSR count). The second-order valence-corrected chi connectivity index (χ2v) is 5.13. The van der Waals surface area contributed by atoms with Crippen molar-refractivity contribution in [2.24, 2.45) is 0 Å². The number of hydrogen-bond donors (Lipinski definition) is 0. The lowest BCUT2D eigenvalue weighted by molar-refractivity contribution is -0.148. The highest BCUT2D eigenvalue weighted by Crippen LogP contribution is 2.43. The van der Waals surface area contributed by atoms with Crippen molar-refractivity contribution in [1.82, 2.24) is 9.55 Å². The molecule has 0 N–H and O–H groups in total. The SMILES string of the molecule is COC(=O)[C@@]1(c2ccc(C#N)cc2OC)CCc2cncn21. The number of methoxy groups -OCH3 is 2. The van der Waals surface area contributed by atoms with Gasteiger partial charge in [-0.15, -0.1) is 0 Å². The molecule has 1 aromatic heterocycles. The van der Waals surface area contributed by atoms with Crippen LogP contribution in [0.15, 0.2) is 30.7 Å². The number of nitrogens with zero attached hydrogens (tertiary/aromatic N) is 3. The summed E-state index contributed by atoms with van der Waals surface area (Å²) in [7, 11) is 2.89. The fraction of sp³-hybridized carbons (Fsp3) is 0.312. The Kier molecular flexibility index (Phi) is 3.33. The Morgan fingerprint density at radius 1 is 1.45 bits per heavy atom. The van der Waals surface area contributed by atoms with Crippen molar-refractivity contribution >= 4 is 5.97 Å². The van der Waals surface area contributed by atoms with Crippen molar-refractivity contribution in [2.45, 2.75) is 18.4 Å². The summed E-state index contributed by atoms with van der Waals surface area (Å²) < 4.78 is 12.3. The molecule has 1 aliphatic rings. The molecular formula is C16H15N3O3. The normalized spacial score (nSPS) is 19.3. The molecule has 2 aromatic rings. The predicted octanol–water partition coefficient (Wildman–Crippen LogP) is 1.63. The second-order valence-electron chi connectivity index (χ2n) is 5.13. The van der Waals surface area contributed by atoms with Gasteiger partial charge in [-0.25, -0.2) is 9.78 Å². The number of rotatable bonds is 3. The Balaban J connectivity index is 2.26. The number of ether oxygens (including phenoxy) is 2. The Morgan fingerprint density at radius 3 is 2.95 bits per heavy atom. The highest BCUT2D eigenvalue weighted by Gasteiger charge is 2.49. The van der Waals surface area contributed by atoms with E-state index in [2.05, 4.69) is 11.1 Å². The number of carbonyl (C=O) groups excluding carboxylic acids is 1. The maximum absolute atomic E-state index is 12.6. The van der Waals surface area contributed by atoms with Gasteiger partial charge >= 0.3 is 5.97 Å². The number of benzene rings is 1. The first kappa shape index (κ1) is 14.1. The van der Waals surface area contributed by atoms with E-state index in [9.17, 15) is 4.79 Å². The second kappa shape index (κ2) is 5.19. The summed E-state index contributed by atoms with van der Waals surface area (Å²) in [5.41, 5.74) is 1.12. The zero-order chi connectivity index (χ0) is 15.7. The molecule has 6 heteroatoms. The lowest BCUT2D eigenvalue weighted by Gasteiger charge is -2.30. The van der Waals surface area contributed by atoms with Crippen LogP contribution in [0.1, 0.15) is 23.2 Å². The molecule has 0 radical (unpaired) electrons. The van der Waals surface area contributed by atoms with Crippen molar-refractivity contribution < 1.29 is 14.3 Å². The first-order valence-electron chi connectivity index (χ1n) is 6.86. The number of fused-ring (bicyclic) bond motifs is 1. The molecule has 0 bridgehead atoms. The van der Waals surface area contributed by atoms with E-state index in [4.69, 9.17) is 14.7 Å². The molecule has 112 valence electrons. The highest BCUT2D eigenvalue weighted by molar-refractivity contribution is 5.85. The summed E-state index contributed by atoms with van der Waals surface area (Å²) in [4.78, 5) is 16.8. The van der Waals surface area contributed by atoms with Gasteiger partial charge in [0.15, 0.2) is 5.54 Å². The third kappa shape index (κ3) is 1.79. The van der Waals surface area contributed by atoms with Crippen molar-refractivity contribution in [3.63, 3.8) is 0 Å². The molecule has 0 spiro atoms. The van der Waals surface area contributed by atoms with E-state index in [1.807, 2.05) is 4.57 Å². The monoisotopic (exact) mass is 297 g/mol. The number of aryl methyl sites for hydroxylation is 1. The molecule has 6 nitrogen and oxygen atoms in total. The molecule has 0 saturated carbocycles. The largest absolute Gasteiger partial charge is 0.496 e. The standard InChI is InChI=1S/C16H15N3O3/c1-21-14-7-11(8-17)3-4-13(14)16(15(20)22-2)6-5-12-9-18-10-19(12)16/h3-4,7,9-10H,5-6H2,1-2H3/t16-/m0/s1. The van der Waals surface area contributed by atoms with Crippen LogP contribution in [-0.4, -0.2) is 29.7 Å². The van der Waals surface area contributed by atoms with Gasteiger partial charge in [0.25, 0.3) is 0 Å². The molecule has 0 amide bonds. The minimum absolute atomic E-state index is 0.368. The zero-order valence-corrected chi connectivity index (χ0v) is 12.4. The predicted molar refractivity (Wildman–Crippen MR) is 77.3 cm³/mol. The van der Waals surface area contributed by atoms with Gasteiger partial charge < -0.3 is 14.0 Å². The number of nitriles is 1.